The van der Waals surface area contributed by atoms with Crippen LogP contribution in [0.25, 0.3) is 0 Å². The summed E-state index contributed by atoms with van der Waals surface area (Å²) in [5, 5.41) is 0. The van der Waals surface area contributed by atoms with E-state index in [4.69, 9.17) is 9.47 Å². The minimum Gasteiger partial charge on any atom is -0.497 e. The van der Waals surface area contributed by atoms with Gasteiger partial charge in [0.15, 0.2) is 6.29 Å². The number of hydrogen-bond donors (Lipinski definition) is 0. The van der Waals surface area contributed by atoms with Gasteiger partial charge in [-0.3, -0.25) is 9.59 Å². The number of nitrogens with zero attached hydrogens (tertiary/aromatic N) is 1. The predicted molar refractivity (Wildman–Crippen MR) is 85.2 cm³/mol. The Hall–Kier alpha value is -1.82. The predicted octanol–water partition coefficient (Wildman–Crippen LogP) is 2.47. The summed E-state index contributed by atoms with van der Waals surface area (Å²) in [6.07, 6.45) is 1.36. The summed E-state index contributed by atoms with van der Waals surface area (Å²) >= 11 is 0. The Kier molecular flexibility index (Phi) is 5.54. The zero-order valence-electron chi connectivity index (χ0n) is 13.5. The van der Waals surface area contributed by atoms with E-state index in [0.29, 0.717) is 24.0 Å². The maximum Gasteiger partial charge on any atom is 0.257 e. The molecule has 1 aromatic rings. The molecule has 0 heterocycles. The minimum absolute atomic E-state index is 0.209. The van der Waals surface area contributed by atoms with Gasteiger partial charge in [0.25, 0.3) is 5.91 Å². The Balaban J connectivity index is 3.27. The monoisotopic (exact) mass is 309 g/mol. The number of benzene rings is 1. The second kappa shape index (κ2) is 6.75. The van der Waals surface area contributed by atoms with E-state index in [1.54, 1.807) is 24.1 Å². The van der Waals surface area contributed by atoms with Crippen molar-refractivity contribution in [2.45, 2.75) is 19.6 Å². The molecule has 6 heteroatoms. The third-order valence-electron chi connectivity index (χ3n) is 2.96. The second-order valence-corrected chi connectivity index (χ2v) is 11.6. The lowest BCUT2D eigenvalue weighted by Crippen LogP contribution is -2.41. The molecule has 0 aliphatic heterocycles. The maximum absolute atomic E-state index is 12.6. The van der Waals surface area contributed by atoms with Gasteiger partial charge < -0.3 is 14.4 Å². The third kappa shape index (κ3) is 4.32. The van der Waals surface area contributed by atoms with Crippen LogP contribution in [-0.2, 0) is 0 Å². The summed E-state index contributed by atoms with van der Waals surface area (Å²) in [6.45, 7) is 6.55. The smallest absolute Gasteiger partial charge is 0.257 e. The van der Waals surface area contributed by atoms with Crippen molar-refractivity contribution in [2.75, 3.05) is 27.4 Å². The first-order valence-corrected chi connectivity index (χ1v) is 10.4. The Morgan fingerprint density at radius 3 is 2.29 bits per heavy atom. The molecule has 116 valence electrons. The zero-order chi connectivity index (χ0) is 16.2. The van der Waals surface area contributed by atoms with E-state index in [9.17, 15) is 9.59 Å². The van der Waals surface area contributed by atoms with E-state index in [0.717, 1.165) is 0 Å². The highest BCUT2D eigenvalue weighted by Gasteiger charge is 2.25. The molecule has 1 rings (SSSR count). The van der Waals surface area contributed by atoms with Crippen molar-refractivity contribution in [3.05, 3.63) is 23.3 Å². The summed E-state index contributed by atoms with van der Waals surface area (Å²) in [7, 11) is 3.28. The van der Waals surface area contributed by atoms with E-state index in [-0.39, 0.29) is 17.0 Å². The summed E-state index contributed by atoms with van der Waals surface area (Å²) in [5.41, 5.74) is 0.563. The average Bonchev–Trinajstić information content (AvgIpc) is 2.42. The Labute approximate surface area is 126 Å². The van der Waals surface area contributed by atoms with Crippen molar-refractivity contribution in [1.82, 2.24) is 4.90 Å². The molecule has 1 amide bonds. The molecule has 5 nitrogen and oxygen atoms in total. The van der Waals surface area contributed by atoms with Crippen LogP contribution in [-0.4, -0.2) is 52.6 Å². The molecule has 21 heavy (non-hydrogen) atoms. The molecule has 0 fully saturated rings. The zero-order valence-corrected chi connectivity index (χ0v) is 14.5. The summed E-state index contributed by atoms with van der Waals surface area (Å²) < 4.78 is 10.4. The van der Waals surface area contributed by atoms with Crippen molar-refractivity contribution in [2.24, 2.45) is 0 Å². The second-order valence-electron chi connectivity index (χ2n) is 6.13. The van der Waals surface area contributed by atoms with Crippen LogP contribution in [0.5, 0.6) is 11.5 Å². The molecule has 0 saturated heterocycles. The van der Waals surface area contributed by atoms with Crippen molar-refractivity contribution >= 4 is 20.3 Å². The number of methoxy groups -OCH3 is 2. The molecule has 0 saturated carbocycles. The van der Waals surface area contributed by atoms with Crippen LogP contribution in [0, 0.1) is 0 Å². The highest BCUT2D eigenvalue weighted by Crippen LogP contribution is 2.29. The number of amides is 1. The van der Waals surface area contributed by atoms with Crippen LogP contribution in [0.2, 0.25) is 19.6 Å². The van der Waals surface area contributed by atoms with Crippen LogP contribution < -0.4 is 9.47 Å². The Morgan fingerprint density at radius 1 is 1.24 bits per heavy atom. The van der Waals surface area contributed by atoms with Crippen molar-refractivity contribution in [3.63, 3.8) is 0 Å². The molecule has 0 aromatic heterocycles. The van der Waals surface area contributed by atoms with Gasteiger partial charge >= 0.3 is 0 Å². The van der Waals surface area contributed by atoms with Crippen LogP contribution in [0.15, 0.2) is 12.1 Å². The number of hydrogen-bond acceptors (Lipinski definition) is 4. The van der Waals surface area contributed by atoms with Gasteiger partial charge in [0.1, 0.15) is 11.5 Å². The van der Waals surface area contributed by atoms with Gasteiger partial charge in [-0.15, -0.1) is 0 Å². The molecule has 0 spiro atoms. The lowest BCUT2D eigenvalue weighted by Gasteiger charge is -2.26. The maximum atomic E-state index is 12.6. The summed E-state index contributed by atoms with van der Waals surface area (Å²) in [5.74, 6) is 0.626. The number of carbonyl (C=O) groups excluding carboxylic acids is 2. The molecule has 0 aliphatic carbocycles. The van der Waals surface area contributed by atoms with E-state index in [1.165, 1.54) is 14.2 Å². The van der Waals surface area contributed by atoms with Crippen molar-refractivity contribution in [1.29, 1.82) is 0 Å². The largest absolute Gasteiger partial charge is 0.497 e. The fraction of sp³-hybridized carbons (Fsp3) is 0.467. The van der Waals surface area contributed by atoms with Gasteiger partial charge in [-0.2, -0.15) is 0 Å². The first kappa shape index (κ1) is 17.2. The van der Waals surface area contributed by atoms with Gasteiger partial charge in [-0.05, 0) is 6.07 Å². The normalized spacial score (nSPS) is 11.0. The van der Waals surface area contributed by atoms with Gasteiger partial charge in [0, 0.05) is 24.8 Å². The number of aldehydes is 1. The molecule has 0 N–H and O–H groups in total. The minimum atomic E-state index is -1.44. The summed E-state index contributed by atoms with van der Waals surface area (Å²) in [4.78, 5) is 25.6. The average molecular weight is 309 g/mol. The quantitative estimate of drug-likeness (QED) is 0.598. The standard InChI is InChI=1S/C15H23NO4Si/c1-16(10-21(4,5)6)15(18)14-11(9-17)7-12(19-2)8-13(14)20-3/h7-9H,10H2,1-6H3. The topological polar surface area (TPSA) is 55.8 Å². The third-order valence-corrected chi connectivity index (χ3v) is 4.38. The highest BCUT2D eigenvalue weighted by molar-refractivity contribution is 6.76. The molecular weight excluding hydrogens is 286 g/mol. The fourth-order valence-electron chi connectivity index (χ4n) is 2.19. The number of rotatable bonds is 6. The van der Waals surface area contributed by atoms with Gasteiger partial charge in [0.2, 0.25) is 0 Å². The van der Waals surface area contributed by atoms with Gasteiger partial charge in [0.05, 0.1) is 27.9 Å². The van der Waals surface area contributed by atoms with Crippen LogP contribution in [0.3, 0.4) is 0 Å². The van der Waals surface area contributed by atoms with Gasteiger partial charge in [-0.25, -0.2) is 0 Å². The molecule has 0 unspecified atom stereocenters. The first-order chi connectivity index (χ1) is 9.73. The SMILES string of the molecule is COc1cc(C=O)c(C(=O)N(C)C[Si](C)(C)C)c(OC)c1. The first-order valence-electron chi connectivity index (χ1n) is 6.70. The lowest BCUT2D eigenvalue weighted by atomic mass is 10.1. The van der Waals surface area contributed by atoms with Crippen molar-refractivity contribution in [3.8, 4) is 11.5 Å². The molecule has 0 atom stereocenters. The molecule has 1 aromatic carbocycles. The number of ether oxygens (including phenoxy) is 2. The van der Waals surface area contributed by atoms with Crippen LogP contribution >= 0.6 is 0 Å². The highest BCUT2D eigenvalue weighted by atomic mass is 28.3. The van der Waals surface area contributed by atoms with E-state index in [1.807, 2.05) is 0 Å². The van der Waals surface area contributed by atoms with E-state index < -0.39 is 8.07 Å². The molecule has 0 bridgehead atoms. The van der Waals surface area contributed by atoms with Crippen molar-refractivity contribution < 1.29 is 19.1 Å². The fourth-order valence-corrected chi connectivity index (χ4v) is 3.75. The van der Waals surface area contributed by atoms with Gasteiger partial charge in [-0.1, -0.05) is 19.6 Å². The van der Waals surface area contributed by atoms with E-state index in [2.05, 4.69) is 19.6 Å². The van der Waals surface area contributed by atoms with Crippen LogP contribution in [0.4, 0.5) is 0 Å². The Bertz CT molecular complexity index is 537. The Morgan fingerprint density at radius 2 is 1.86 bits per heavy atom. The summed E-state index contributed by atoms with van der Waals surface area (Å²) in [6, 6.07) is 3.16. The number of carbonyl (C=O) groups is 2. The molecule has 0 aliphatic rings. The lowest BCUT2D eigenvalue weighted by molar-refractivity contribution is 0.0808. The van der Waals surface area contributed by atoms with Crippen LogP contribution in [0.1, 0.15) is 20.7 Å². The molecular formula is C15H23NO4Si. The molecule has 0 radical (unpaired) electrons. The van der Waals surface area contributed by atoms with E-state index >= 15 is 0 Å².